The predicted octanol–water partition coefficient (Wildman–Crippen LogP) is 2.30. The van der Waals surface area contributed by atoms with Crippen molar-refractivity contribution in [2.45, 2.75) is 19.0 Å². The molecule has 1 aliphatic heterocycles. The van der Waals surface area contributed by atoms with Gasteiger partial charge in [-0.2, -0.15) is 0 Å². The molecule has 0 amide bonds. The third-order valence-electron chi connectivity index (χ3n) is 2.96. The zero-order chi connectivity index (χ0) is 11.5. The first kappa shape index (κ1) is 14.6. The average Bonchev–Trinajstić information content (AvgIpc) is 2.67. The molecule has 1 fully saturated rings. The summed E-state index contributed by atoms with van der Waals surface area (Å²) < 4.78 is 5.19. The van der Waals surface area contributed by atoms with Crippen molar-refractivity contribution in [3.8, 4) is 5.75 Å². The molecule has 0 spiro atoms. The van der Waals surface area contributed by atoms with Crippen molar-refractivity contribution in [3.05, 3.63) is 28.8 Å². The van der Waals surface area contributed by atoms with Gasteiger partial charge in [0.25, 0.3) is 0 Å². The van der Waals surface area contributed by atoms with Crippen molar-refractivity contribution in [2.75, 3.05) is 20.2 Å². The first-order valence-corrected chi connectivity index (χ1v) is 5.87. The number of benzene rings is 1. The molecule has 5 heteroatoms. The lowest BCUT2D eigenvalue weighted by molar-refractivity contribution is 0.326. The Morgan fingerprint density at radius 2 is 2.29 bits per heavy atom. The second-order valence-corrected chi connectivity index (χ2v) is 4.65. The van der Waals surface area contributed by atoms with Crippen LogP contribution < -0.4 is 10.5 Å². The van der Waals surface area contributed by atoms with Crippen LogP contribution >= 0.6 is 24.0 Å². The van der Waals surface area contributed by atoms with Crippen LogP contribution in [0.3, 0.4) is 0 Å². The fourth-order valence-corrected chi connectivity index (χ4v) is 2.22. The summed E-state index contributed by atoms with van der Waals surface area (Å²) in [6.07, 6.45) is 1.07. The molecule has 0 aromatic heterocycles. The largest absolute Gasteiger partial charge is 0.497 e. The van der Waals surface area contributed by atoms with Crippen molar-refractivity contribution in [3.63, 3.8) is 0 Å². The number of methoxy groups -OCH3 is 1. The smallest absolute Gasteiger partial charge is 0.119 e. The number of nitrogens with two attached hydrogens (primary N) is 1. The van der Waals surface area contributed by atoms with Crippen molar-refractivity contribution in [2.24, 2.45) is 5.73 Å². The van der Waals surface area contributed by atoms with Crippen LogP contribution in [0, 0.1) is 0 Å². The Hall–Kier alpha value is -0.480. The first-order valence-electron chi connectivity index (χ1n) is 5.49. The van der Waals surface area contributed by atoms with E-state index in [1.807, 2.05) is 18.2 Å². The van der Waals surface area contributed by atoms with Gasteiger partial charge in [0.1, 0.15) is 5.75 Å². The van der Waals surface area contributed by atoms with Crippen LogP contribution in [0.5, 0.6) is 5.75 Å². The second-order valence-electron chi connectivity index (χ2n) is 4.24. The van der Waals surface area contributed by atoms with E-state index in [1.165, 1.54) is 0 Å². The summed E-state index contributed by atoms with van der Waals surface area (Å²) in [5.41, 5.74) is 6.98. The van der Waals surface area contributed by atoms with Gasteiger partial charge in [0.2, 0.25) is 0 Å². The van der Waals surface area contributed by atoms with Gasteiger partial charge in [0, 0.05) is 30.7 Å². The van der Waals surface area contributed by atoms with E-state index in [1.54, 1.807) is 7.11 Å². The molecule has 1 unspecified atom stereocenters. The molecule has 0 radical (unpaired) electrons. The Balaban J connectivity index is 0.00000144. The predicted molar refractivity (Wildman–Crippen MR) is 73.1 cm³/mol. The highest BCUT2D eigenvalue weighted by Crippen LogP contribution is 2.24. The van der Waals surface area contributed by atoms with E-state index in [0.717, 1.165) is 42.4 Å². The Morgan fingerprint density at radius 1 is 1.53 bits per heavy atom. The van der Waals surface area contributed by atoms with Crippen LogP contribution in [0.1, 0.15) is 12.0 Å². The molecule has 17 heavy (non-hydrogen) atoms. The summed E-state index contributed by atoms with van der Waals surface area (Å²) in [5.74, 6) is 0.850. The number of hydrogen-bond donors (Lipinski definition) is 1. The van der Waals surface area contributed by atoms with Gasteiger partial charge in [0.05, 0.1) is 7.11 Å². The minimum atomic E-state index is 0. The Morgan fingerprint density at radius 3 is 2.88 bits per heavy atom. The van der Waals surface area contributed by atoms with Crippen LogP contribution in [0.25, 0.3) is 0 Å². The van der Waals surface area contributed by atoms with E-state index in [-0.39, 0.29) is 12.4 Å². The molecular formula is C12H18Cl2N2O. The van der Waals surface area contributed by atoms with Gasteiger partial charge >= 0.3 is 0 Å². The van der Waals surface area contributed by atoms with Crippen molar-refractivity contribution in [1.82, 2.24) is 4.90 Å². The number of ether oxygens (including phenoxy) is 1. The van der Waals surface area contributed by atoms with Crippen LogP contribution in [0.4, 0.5) is 0 Å². The topological polar surface area (TPSA) is 38.5 Å². The number of hydrogen-bond acceptors (Lipinski definition) is 3. The summed E-state index contributed by atoms with van der Waals surface area (Å²) in [6, 6.07) is 6.06. The maximum Gasteiger partial charge on any atom is 0.119 e. The quantitative estimate of drug-likeness (QED) is 0.921. The van der Waals surface area contributed by atoms with Gasteiger partial charge < -0.3 is 10.5 Å². The molecule has 1 heterocycles. The second kappa shape index (κ2) is 6.45. The highest BCUT2D eigenvalue weighted by atomic mass is 35.5. The van der Waals surface area contributed by atoms with Gasteiger partial charge in [0.15, 0.2) is 0 Å². The van der Waals surface area contributed by atoms with Gasteiger partial charge in [-0.15, -0.1) is 12.4 Å². The summed E-state index contributed by atoms with van der Waals surface area (Å²) in [6.45, 7) is 2.85. The lowest BCUT2D eigenvalue weighted by Crippen LogP contribution is -2.26. The van der Waals surface area contributed by atoms with Crippen molar-refractivity contribution in [1.29, 1.82) is 0 Å². The molecule has 3 nitrogen and oxygen atoms in total. The Labute approximate surface area is 113 Å². The van der Waals surface area contributed by atoms with Crippen LogP contribution in [-0.4, -0.2) is 31.1 Å². The van der Waals surface area contributed by atoms with E-state index >= 15 is 0 Å². The maximum atomic E-state index is 6.15. The summed E-state index contributed by atoms with van der Waals surface area (Å²) in [4.78, 5) is 2.32. The van der Waals surface area contributed by atoms with E-state index in [9.17, 15) is 0 Å². The highest BCUT2D eigenvalue weighted by Gasteiger charge is 2.19. The summed E-state index contributed by atoms with van der Waals surface area (Å²) in [5, 5.41) is 0.793. The summed E-state index contributed by atoms with van der Waals surface area (Å²) >= 11 is 6.15. The maximum absolute atomic E-state index is 6.15. The van der Waals surface area contributed by atoms with E-state index in [2.05, 4.69) is 4.90 Å². The van der Waals surface area contributed by atoms with Gasteiger partial charge in [-0.3, -0.25) is 4.90 Å². The molecule has 1 atom stereocenters. The molecule has 2 rings (SSSR count). The Kier molecular flexibility index (Phi) is 5.53. The molecule has 1 saturated heterocycles. The Bertz CT molecular complexity index is 374. The number of likely N-dealkylation sites (tertiary alicyclic amines) is 1. The van der Waals surface area contributed by atoms with E-state index in [0.29, 0.717) is 6.04 Å². The van der Waals surface area contributed by atoms with Crippen LogP contribution in [0.15, 0.2) is 18.2 Å². The molecule has 1 aromatic rings. The third kappa shape index (κ3) is 3.75. The van der Waals surface area contributed by atoms with Crippen LogP contribution in [-0.2, 0) is 6.54 Å². The zero-order valence-electron chi connectivity index (χ0n) is 9.86. The molecule has 0 saturated carbocycles. The minimum Gasteiger partial charge on any atom is -0.497 e. The number of halogens is 2. The lowest BCUT2D eigenvalue weighted by atomic mass is 10.2. The third-order valence-corrected chi connectivity index (χ3v) is 3.32. The summed E-state index contributed by atoms with van der Waals surface area (Å²) in [7, 11) is 1.67. The van der Waals surface area contributed by atoms with Crippen LogP contribution in [0.2, 0.25) is 5.02 Å². The SMILES string of the molecule is COc1ccc(Cl)c(CN2CCC(N)C2)c1.Cl. The zero-order valence-corrected chi connectivity index (χ0v) is 11.4. The standard InChI is InChI=1S/C12H17ClN2O.ClH/c1-16-11-2-3-12(13)9(6-11)7-15-5-4-10(14)8-15;/h2-3,6,10H,4-5,7-8,14H2,1H3;1H. The van der Waals surface area contributed by atoms with Gasteiger partial charge in [-0.1, -0.05) is 11.6 Å². The van der Waals surface area contributed by atoms with Gasteiger partial charge in [-0.05, 0) is 30.2 Å². The van der Waals surface area contributed by atoms with Crippen molar-refractivity contribution < 1.29 is 4.74 Å². The first-order chi connectivity index (χ1) is 7.69. The average molecular weight is 277 g/mol. The van der Waals surface area contributed by atoms with Crippen molar-refractivity contribution >= 4 is 24.0 Å². The number of rotatable bonds is 3. The molecule has 0 bridgehead atoms. The van der Waals surface area contributed by atoms with E-state index < -0.39 is 0 Å². The highest BCUT2D eigenvalue weighted by molar-refractivity contribution is 6.31. The fraction of sp³-hybridized carbons (Fsp3) is 0.500. The minimum absolute atomic E-state index is 0. The molecule has 1 aliphatic rings. The fourth-order valence-electron chi connectivity index (χ4n) is 2.05. The molecular weight excluding hydrogens is 259 g/mol. The monoisotopic (exact) mass is 276 g/mol. The molecule has 0 aliphatic carbocycles. The van der Waals surface area contributed by atoms with Gasteiger partial charge in [-0.25, -0.2) is 0 Å². The lowest BCUT2D eigenvalue weighted by Gasteiger charge is -2.16. The number of nitrogens with zero attached hydrogens (tertiary/aromatic N) is 1. The normalized spacial score (nSPS) is 20.1. The molecule has 96 valence electrons. The van der Waals surface area contributed by atoms with E-state index in [4.69, 9.17) is 22.1 Å². The molecule has 1 aromatic carbocycles. The molecule has 2 N–H and O–H groups in total.